The zero-order valence-electron chi connectivity index (χ0n) is 10.5. The van der Waals surface area contributed by atoms with Crippen LogP contribution in [0.25, 0.3) is 0 Å². The Hall–Kier alpha value is -0.830. The molecule has 1 saturated carbocycles. The molecule has 0 spiro atoms. The van der Waals surface area contributed by atoms with Gasteiger partial charge in [0.15, 0.2) is 0 Å². The van der Waals surface area contributed by atoms with Crippen LogP contribution in [-0.2, 0) is 9.53 Å². The van der Waals surface area contributed by atoms with E-state index in [0.717, 1.165) is 32.4 Å². The van der Waals surface area contributed by atoms with E-state index in [1.807, 2.05) is 4.90 Å². The number of carbonyl (C=O) groups is 1. The van der Waals surface area contributed by atoms with Crippen molar-refractivity contribution >= 4 is 5.91 Å². The molecule has 0 aromatic heterocycles. The van der Waals surface area contributed by atoms with Gasteiger partial charge in [0.1, 0.15) is 0 Å². The monoisotopic (exact) mass is 235 g/mol. The number of rotatable bonds is 2. The first-order valence-corrected chi connectivity index (χ1v) is 6.78. The van der Waals surface area contributed by atoms with Crippen LogP contribution in [0.3, 0.4) is 0 Å². The second-order valence-corrected chi connectivity index (χ2v) is 5.67. The third-order valence-corrected chi connectivity index (χ3v) is 4.62. The highest BCUT2D eigenvalue weighted by Crippen LogP contribution is 2.44. The van der Waals surface area contributed by atoms with Crippen LogP contribution in [0, 0.1) is 17.8 Å². The van der Waals surface area contributed by atoms with Gasteiger partial charge in [-0.1, -0.05) is 12.2 Å². The topological polar surface area (TPSA) is 29.5 Å². The van der Waals surface area contributed by atoms with Gasteiger partial charge in [-0.3, -0.25) is 4.79 Å². The lowest BCUT2D eigenvalue weighted by Crippen LogP contribution is -2.46. The average molecular weight is 235 g/mol. The number of carbonyl (C=O) groups excluding carboxylic acids is 1. The van der Waals surface area contributed by atoms with Gasteiger partial charge in [-0.05, 0) is 37.5 Å². The smallest absolute Gasteiger partial charge is 0.226 e. The van der Waals surface area contributed by atoms with Crippen LogP contribution in [0.4, 0.5) is 0 Å². The number of hydrogen-bond acceptors (Lipinski definition) is 2. The van der Waals surface area contributed by atoms with Crippen molar-refractivity contribution in [3.05, 3.63) is 12.2 Å². The van der Waals surface area contributed by atoms with Crippen LogP contribution >= 0.6 is 0 Å². The number of methoxy groups -OCH3 is 1. The lowest BCUT2D eigenvalue weighted by molar-refractivity contribution is -0.139. The van der Waals surface area contributed by atoms with Crippen LogP contribution in [0.2, 0.25) is 0 Å². The summed E-state index contributed by atoms with van der Waals surface area (Å²) in [7, 11) is 1.75. The summed E-state index contributed by atoms with van der Waals surface area (Å²) in [6.45, 7) is 1.73. The quantitative estimate of drug-likeness (QED) is 0.683. The minimum atomic E-state index is 0.252. The van der Waals surface area contributed by atoms with Gasteiger partial charge in [0.05, 0.1) is 6.10 Å². The normalized spacial score (nSPS) is 39.9. The SMILES string of the molecule is CO[C@H]1CCCN(C(=O)C2CC3C=CC2C3)C1. The van der Waals surface area contributed by atoms with Crippen LogP contribution < -0.4 is 0 Å². The molecule has 0 radical (unpaired) electrons. The fourth-order valence-corrected chi connectivity index (χ4v) is 3.63. The largest absolute Gasteiger partial charge is 0.380 e. The van der Waals surface area contributed by atoms with Gasteiger partial charge in [0.25, 0.3) is 0 Å². The third kappa shape index (κ3) is 2.01. The summed E-state index contributed by atoms with van der Waals surface area (Å²) in [5.41, 5.74) is 0. The van der Waals surface area contributed by atoms with E-state index in [-0.39, 0.29) is 12.0 Å². The van der Waals surface area contributed by atoms with Crippen molar-refractivity contribution in [2.75, 3.05) is 20.2 Å². The van der Waals surface area contributed by atoms with E-state index in [0.29, 0.717) is 17.7 Å². The van der Waals surface area contributed by atoms with Gasteiger partial charge in [-0.15, -0.1) is 0 Å². The molecule has 1 amide bonds. The first kappa shape index (κ1) is 11.3. The molecule has 2 aliphatic carbocycles. The van der Waals surface area contributed by atoms with Gasteiger partial charge in [-0.25, -0.2) is 0 Å². The maximum atomic E-state index is 12.5. The van der Waals surface area contributed by atoms with Crippen molar-refractivity contribution in [2.45, 2.75) is 31.8 Å². The molecule has 1 heterocycles. The van der Waals surface area contributed by atoms with Crippen molar-refractivity contribution in [1.29, 1.82) is 0 Å². The van der Waals surface area contributed by atoms with E-state index in [4.69, 9.17) is 4.74 Å². The van der Waals surface area contributed by atoms with Crippen molar-refractivity contribution in [3.8, 4) is 0 Å². The van der Waals surface area contributed by atoms with E-state index in [2.05, 4.69) is 12.2 Å². The summed E-state index contributed by atoms with van der Waals surface area (Å²) in [6.07, 6.45) is 9.27. The fourth-order valence-electron chi connectivity index (χ4n) is 3.63. The Bertz CT molecular complexity index is 339. The molecule has 1 aliphatic heterocycles. The third-order valence-electron chi connectivity index (χ3n) is 4.62. The molecule has 3 heteroatoms. The van der Waals surface area contributed by atoms with Crippen molar-refractivity contribution < 1.29 is 9.53 Å². The fraction of sp³-hybridized carbons (Fsp3) is 0.786. The van der Waals surface area contributed by atoms with Crippen molar-refractivity contribution in [2.24, 2.45) is 17.8 Å². The first-order chi connectivity index (χ1) is 8.28. The van der Waals surface area contributed by atoms with E-state index < -0.39 is 0 Å². The first-order valence-electron chi connectivity index (χ1n) is 6.78. The van der Waals surface area contributed by atoms with Crippen LogP contribution in [0.5, 0.6) is 0 Å². The predicted octanol–water partition coefficient (Wildman–Crippen LogP) is 1.84. The zero-order chi connectivity index (χ0) is 11.8. The predicted molar refractivity (Wildman–Crippen MR) is 65.5 cm³/mol. The zero-order valence-corrected chi connectivity index (χ0v) is 10.5. The summed E-state index contributed by atoms with van der Waals surface area (Å²) in [5.74, 6) is 1.84. The summed E-state index contributed by atoms with van der Waals surface area (Å²) < 4.78 is 5.39. The molecule has 4 atom stereocenters. The Morgan fingerprint density at radius 1 is 1.35 bits per heavy atom. The summed E-state index contributed by atoms with van der Waals surface area (Å²) in [4.78, 5) is 14.5. The molecule has 0 aromatic carbocycles. The van der Waals surface area contributed by atoms with Gasteiger partial charge >= 0.3 is 0 Å². The summed E-state index contributed by atoms with van der Waals surface area (Å²) >= 11 is 0. The van der Waals surface area contributed by atoms with Gasteiger partial charge in [-0.2, -0.15) is 0 Å². The number of nitrogens with zero attached hydrogens (tertiary/aromatic N) is 1. The Morgan fingerprint density at radius 2 is 2.24 bits per heavy atom. The number of ether oxygens (including phenoxy) is 1. The molecule has 3 aliphatic rings. The molecule has 3 rings (SSSR count). The minimum absolute atomic E-state index is 0.252. The van der Waals surface area contributed by atoms with E-state index in [9.17, 15) is 4.79 Å². The molecule has 17 heavy (non-hydrogen) atoms. The number of hydrogen-bond donors (Lipinski definition) is 0. The number of piperidine rings is 1. The molecule has 1 saturated heterocycles. The Kier molecular flexibility index (Phi) is 2.95. The molecule has 0 aromatic rings. The average Bonchev–Trinajstić information content (AvgIpc) is 3.00. The lowest BCUT2D eigenvalue weighted by atomic mass is 9.91. The Labute approximate surface area is 103 Å². The molecular formula is C14H21NO2. The molecule has 2 fully saturated rings. The molecule has 3 unspecified atom stereocenters. The van der Waals surface area contributed by atoms with Crippen molar-refractivity contribution in [3.63, 3.8) is 0 Å². The van der Waals surface area contributed by atoms with E-state index in [1.165, 1.54) is 6.42 Å². The van der Waals surface area contributed by atoms with Gasteiger partial charge < -0.3 is 9.64 Å². The maximum absolute atomic E-state index is 12.5. The highest BCUT2D eigenvalue weighted by atomic mass is 16.5. The van der Waals surface area contributed by atoms with E-state index in [1.54, 1.807) is 7.11 Å². The maximum Gasteiger partial charge on any atom is 0.226 e. The molecule has 2 bridgehead atoms. The Balaban J connectivity index is 1.64. The highest BCUT2D eigenvalue weighted by Gasteiger charge is 2.42. The van der Waals surface area contributed by atoms with Crippen LogP contribution in [-0.4, -0.2) is 37.1 Å². The van der Waals surface area contributed by atoms with E-state index >= 15 is 0 Å². The molecule has 3 nitrogen and oxygen atoms in total. The Morgan fingerprint density at radius 3 is 2.88 bits per heavy atom. The van der Waals surface area contributed by atoms with Gasteiger partial charge in [0, 0.05) is 26.1 Å². The standard InChI is InChI=1S/C14H21NO2/c1-17-12-3-2-6-15(9-12)14(16)13-8-10-4-5-11(13)7-10/h4-5,10-13H,2-3,6-9H2,1H3/t10?,11?,12-,13?/m0/s1. The second kappa shape index (κ2) is 4.45. The lowest BCUT2D eigenvalue weighted by Gasteiger charge is -2.34. The molecular weight excluding hydrogens is 214 g/mol. The molecule has 0 N–H and O–H groups in total. The minimum Gasteiger partial charge on any atom is -0.380 e. The van der Waals surface area contributed by atoms with Crippen molar-refractivity contribution in [1.82, 2.24) is 4.90 Å². The number of amides is 1. The van der Waals surface area contributed by atoms with Gasteiger partial charge in [0.2, 0.25) is 5.91 Å². The summed E-state index contributed by atoms with van der Waals surface area (Å²) in [5, 5.41) is 0. The van der Waals surface area contributed by atoms with Crippen LogP contribution in [0.15, 0.2) is 12.2 Å². The second-order valence-electron chi connectivity index (χ2n) is 5.67. The molecule has 94 valence electrons. The highest BCUT2D eigenvalue weighted by molar-refractivity contribution is 5.80. The number of allylic oxidation sites excluding steroid dienone is 2. The number of fused-ring (bicyclic) bond motifs is 2. The number of likely N-dealkylation sites (tertiary alicyclic amines) is 1. The van der Waals surface area contributed by atoms with Crippen LogP contribution in [0.1, 0.15) is 25.7 Å². The summed E-state index contributed by atoms with van der Waals surface area (Å²) in [6, 6.07) is 0.